The van der Waals surface area contributed by atoms with Crippen molar-refractivity contribution in [1.82, 2.24) is 5.32 Å². The van der Waals surface area contributed by atoms with E-state index in [4.69, 9.17) is 0 Å². The van der Waals surface area contributed by atoms with Gasteiger partial charge >= 0.3 is 6.18 Å². The van der Waals surface area contributed by atoms with Gasteiger partial charge in [0.15, 0.2) is 5.78 Å². The number of carbonyl (C=O) groups is 2. The number of rotatable bonds is 3. The van der Waals surface area contributed by atoms with Crippen LogP contribution in [0.2, 0.25) is 0 Å². The fraction of sp³-hybridized carbons (Fsp3) is 0.333. The number of hydrogen-bond acceptors (Lipinski definition) is 2. The number of benzene rings is 2. The molecule has 2 aliphatic rings. The Labute approximate surface area is 173 Å². The van der Waals surface area contributed by atoms with Gasteiger partial charge in [0.1, 0.15) is 0 Å². The van der Waals surface area contributed by atoms with Gasteiger partial charge in [-0.05, 0) is 41.5 Å². The van der Waals surface area contributed by atoms with E-state index in [1.54, 1.807) is 0 Å². The van der Waals surface area contributed by atoms with Crippen LogP contribution in [0.3, 0.4) is 0 Å². The largest absolute Gasteiger partial charge is 0.416 e. The second-order valence-electron chi connectivity index (χ2n) is 7.91. The molecule has 1 amide bonds. The minimum atomic E-state index is -4.55. The van der Waals surface area contributed by atoms with Crippen molar-refractivity contribution in [3.05, 3.63) is 82.1 Å². The molecule has 1 heterocycles. The predicted molar refractivity (Wildman–Crippen MR) is 107 cm³/mol. The average Bonchev–Trinajstić information content (AvgIpc) is 2.72. The van der Waals surface area contributed by atoms with Gasteiger partial charge in [-0.2, -0.15) is 13.2 Å². The van der Waals surface area contributed by atoms with Crippen LogP contribution in [0.15, 0.2) is 59.8 Å². The molecule has 0 fully saturated rings. The molecule has 0 spiro atoms. The first-order chi connectivity index (χ1) is 14.3. The van der Waals surface area contributed by atoms with E-state index in [0.717, 1.165) is 18.1 Å². The molecule has 2 atom stereocenters. The number of hydrogen-bond donors (Lipinski definition) is 1. The Kier molecular flexibility index (Phi) is 5.26. The summed E-state index contributed by atoms with van der Waals surface area (Å²) in [5, 5.41) is 2.77. The van der Waals surface area contributed by atoms with Crippen LogP contribution in [0.1, 0.15) is 60.3 Å². The second-order valence-corrected chi connectivity index (χ2v) is 7.91. The van der Waals surface area contributed by atoms with E-state index in [-0.39, 0.29) is 36.0 Å². The molecule has 1 aliphatic carbocycles. The summed E-state index contributed by atoms with van der Waals surface area (Å²) in [5.74, 6) is -1.52. The molecule has 0 aromatic heterocycles. The van der Waals surface area contributed by atoms with E-state index >= 15 is 0 Å². The maximum absolute atomic E-state index is 13.6. The van der Waals surface area contributed by atoms with Crippen LogP contribution in [0.5, 0.6) is 0 Å². The molecular formula is C24H22F3NO2. The van der Waals surface area contributed by atoms with Gasteiger partial charge in [0.25, 0.3) is 0 Å². The van der Waals surface area contributed by atoms with Crippen molar-refractivity contribution in [2.75, 3.05) is 0 Å². The second kappa shape index (κ2) is 7.74. The topological polar surface area (TPSA) is 46.2 Å². The van der Waals surface area contributed by atoms with E-state index in [1.165, 1.54) is 23.8 Å². The van der Waals surface area contributed by atoms with Gasteiger partial charge in [0, 0.05) is 30.0 Å². The van der Waals surface area contributed by atoms with E-state index in [0.29, 0.717) is 17.7 Å². The molecule has 0 radical (unpaired) electrons. The van der Waals surface area contributed by atoms with Gasteiger partial charge in [0.05, 0.1) is 5.56 Å². The number of alkyl halides is 3. The highest BCUT2D eigenvalue weighted by molar-refractivity contribution is 6.02. The number of carbonyl (C=O) groups excluding carboxylic acids is 2. The fourth-order valence-corrected chi connectivity index (χ4v) is 4.55. The first kappa shape index (κ1) is 20.4. The Morgan fingerprint density at radius 2 is 1.67 bits per heavy atom. The summed E-state index contributed by atoms with van der Waals surface area (Å²) in [6, 6.07) is 13.2. The Morgan fingerprint density at radius 3 is 2.33 bits per heavy atom. The molecule has 2 aromatic rings. The minimum Gasteiger partial charge on any atom is -0.329 e. The Balaban J connectivity index is 1.73. The van der Waals surface area contributed by atoms with Crippen LogP contribution in [-0.4, -0.2) is 11.7 Å². The molecule has 0 bridgehead atoms. The molecule has 2 unspecified atom stereocenters. The molecule has 6 heteroatoms. The molecule has 0 saturated carbocycles. The number of Topliss-reactive ketones (excluding diaryl/α,β-unsaturated/α-hetero) is 1. The lowest BCUT2D eigenvalue weighted by Crippen LogP contribution is -2.38. The Hall–Kier alpha value is -2.89. The van der Waals surface area contributed by atoms with Gasteiger partial charge in [0.2, 0.25) is 5.91 Å². The third-order valence-electron chi connectivity index (χ3n) is 6.04. The Bertz CT molecular complexity index is 1020. The quantitative estimate of drug-likeness (QED) is 0.745. The van der Waals surface area contributed by atoms with Crippen LogP contribution < -0.4 is 5.32 Å². The van der Waals surface area contributed by atoms with E-state index in [9.17, 15) is 22.8 Å². The highest BCUT2D eigenvalue weighted by atomic mass is 19.4. The predicted octanol–water partition coefficient (Wildman–Crippen LogP) is 5.27. The van der Waals surface area contributed by atoms with Crippen LogP contribution in [0.4, 0.5) is 13.2 Å². The van der Waals surface area contributed by atoms with Crippen LogP contribution in [0, 0.1) is 0 Å². The maximum Gasteiger partial charge on any atom is 0.416 e. The summed E-state index contributed by atoms with van der Waals surface area (Å²) in [6.45, 7) is 2.06. The number of nitrogens with one attached hydrogen (secondary N) is 1. The molecule has 30 heavy (non-hydrogen) atoms. The number of aryl methyl sites for hydroxylation is 1. The first-order valence-electron chi connectivity index (χ1n) is 10.1. The molecule has 3 nitrogen and oxygen atoms in total. The summed E-state index contributed by atoms with van der Waals surface area (Å²) in [5.41, 5.74) is 2.18. The molecule has 0 saturated heterocycles. The Morgan fingerprint density at radius 1 is 0.967 bits per heavy atom. The average molecular weight is 413 g/mol. The summed E-state index contributed by atoms with van der Waals surface area (Å²) in [7, 11) is 0. The maximum atomic E-state index is 13.6. The van der Waals surface area contributed by atoms with E-state index in [1.807, 2.05) is 24.3 Å². The van der Waals surface area contributed by atoms with Crippen molar-refractivity contribution in [2.24, 2.45) is 0 Å². The molecule has 1 N–H and O–H groups in total. The van der Waals surface area contributed by atoms with Gasteiger partial charge in [-0.1, -0.05) is 49.4 Å². The highest BCUT2D eigenvalue weighted by Gasteiger charge is 2.42. The molecule has 2 aromatic carbocycles. The van der Waals surface area contributed by atoms with Gasteiger partial charge in [-0.25, -0.2) is 0 Å². The van der Waals surface area contributed by atoms with Crippen LogP contribution in [0.25, 0.3) is 0 Å². The molecule has 4 rings (SSSR count). The van der Waals surface area contributed by atoms with Crippen molar-refractivity contribution >= 4 is 11.7 Å². The number of allylic oxidation sites excluding steroid dienone is 2. The minimum absolute atomic E-state index is 0.00792. The highest BCUT2D eigenvalue weighted by Crippen LogP contribution is 2.45. The van der Waals surface area contributed by atoms with Gasteiger partial charge in [-0.15, -0.1) is 0 Å². The summed E-state index contributed by atoms with van der Waals surface area (Å²) in [4.78, 5) is 25.5. The number of amides is 1. The van der Waals surface area contributed by atoms with Gasteiger partial charge < -0.3 is 5.32 Å². The van der Waals surface area contributed by atoms with Gasteiger partial charge in [-0.3, -0.25) is 9.59 Å². The lowest BCUT2D eigenvalue weighted by molar-refractivity contribution is -0.138. The smallest absolute Gasteiger partial charge is 0.329 e. The summed E-state index contributed by atoms with van der Waals surface area (Å²) >= 11 is 0. The van der Waals surface area contributed by atoms with E-state index in [2.05, 4.69) is 12.2 Å². The zero-order valence-electron chi connectivity index (χ0n) is 16.6. The molecular weight excluding hydrogens is 391 g/mol. The number of ketones is 1. The van der Waals surface area contributed by atoms with Crippen LogP contribution in [-0.2, 0) is 22.2 Å². The van der Waals surface area contributed by atoms with Crippen molar-refractivity contribution in [1.29, 1.82) is 0 Å². The standard InChI is InChI=1S/C24H22F3NO2/c1-2-14-7-9-15(10-8-14)16-11-20-23(21(29)12-16)18(13-22(30)28-20)17-5-3-4-6-19(17)24(25,26)27/h3-10,16,18H,2,11-13H2,1H3,(H,28,30). The SMILES string of the molecule is CCc1ccc(C2CC(=O)C3=C(C2)NC(=O)CC3c2ccccc2C(F)(F)F)cc1. The lowest BCUT2D eigenvalue weighted by Gasteiger charge is -2.35. The molecule has 156 valence electrons. The fourth-order valence-electron chi connectivity index (χ4n) is 4.55. The first-order valence-corrected chi connectivity index (χ1v) is 10.1. The monoisotopic (exact) mass is 413 g/mol. The third-order valence-corrected chi connectivity index (χ3v) is 6.04. The zero-order chi connectivity index (χ0) is 21.5. The lowest BCUT2D eigenvalue weighted by atomic mass is 9.72. The molecule has 1 aliphatic heterocycles. The van der Waals surface area contributed by atoms with Crippen molar-refractivity contribution in [2.45, 2.75) is 50.6 Å². The summed E-state index contributed by atoms with van der Waals surface area (Å²) in [6.07, 6.45) is -3.14. The van der Waals surface area contributed by atoms with Crippen molar-refractivity contribution in [3.63, 3.8) is 0 Å². The third kappa shape index (κ3) is 3.78. The van der Waals surface area contributed by atoms with Crippen LogP contribution >= 0.6 is 0 Å². The number of halogens is 3. The zero-order valence-corrected chi connectivity index (χ0v) is 16.6. The normalized spacial score (nSPS) is 22.0. The van der Waals surface area contributed by atoms with Crippen molar-refractivity contribution in [3.8, 4) is 0 Å². The van der Waals surface area contributed by atoms with Crippen molar-refractivity contribution < 1.29 is 22.8 Å². The summed E-state index contributed by atoms with van der Waals surface area (Å²) < 4.78 is 40.7. The van der Waals surface area contributed by atoms with E-state index < -0.39 is 17.7 Å².